The molecule has 3 atom stereocenters. The molecule has 0 heterocycles. The van der Waals surface area contributed by atoms with Crippen molar-refractivity contribution in [1.29, 1.82) is 0 Å². The van der Waals surface area contributed by atoms with Crippen molar-refractivity contribution in [3.63, 3.8) is 0 Å². The monoisotopic (exact) mass is 160 g/mol. The standard InChI is InChI=1S/C4H12F2P2/c1-3(5)7-8-4(2)6/h3-4,7H,1-2,8H3. The van der Waals surface area contributed by atoms with Crippen LogP contribution in [0.2, 0.25) is 0 Å². The first-order valence-electron chi connectivity index (χ1n) is 2.64. The van der Waals surface area contributed by atoms with Crippen molar-refractivity contribution in [3.05, 3.63) is 0 Å². The Morgan fingerprint density at radius 3 is 2.00 bits per heavy atom. The molecule has 0 radical (unpaired) electrons. The molecule has 0 aromatic carbocycles. The van der Waals surface area contributed by atoms with E-state index in [-0.39, 0.29) is 8.27 Å². The second kappa shape index (κ2) is 4.58. The maximum atomic E-state index is 12.0. The molecule has 0 fully saturated rings. The molecule has 0 aliphatic carbocycles. The van der Waals surface area contributed by atoms with Gasteiger partial charge in [-0.3, -0.25) is 0 Å². The van der Waals surface area contributed by atoms with Crippen LogP contribution in [0.5, 0.6) is 0 Å². The molecule has 4 heteroatoms. The van der Waals surface area contributed by atoms with Gasteiger partial charge in [-0.1, -0.05) is 0 Å². The van der Waals surface area contributed by atoms with Crippen molar-refractivity contribution in [2.75, 3.05) is 0 Å². The quantitative estimate of drug-likeness (QED) is 0.556. The molecule has 8 heavy (non-hydrogen) atoms. The third-order valence-corrected chi connectivity index (χ3v) is 6.12. The maximum absolute atomic E-state index is 12.0. The van der Waals surface area contributed by atoms with Gasteiger partial charge in [-0.15, -0.1) is 0 Å². The van der Waals surface area contributed by atoms with Crippen LogP contribution in [-0.4, -0.2) is 11.8 Å². The average molecular weight is 160 g/mol. The molecule has 3 unspecified atom stereocenters. The summed E-state index contributed by atoms with van der Waals surface area (Å²) in [6.07, 6.45) is 0. The Morgan fingerprint density at radius 1 is 1.38 bits per heavy atom. The SMILES string of the molecule is CC(F)P[PH3]C(C)F. The van der Waals surface area contributed by atoms with Gasteiger partial charge in [0.15, 0.2) is 0 Å². The van der Waals surface area contributed by atoms with E-state index in [1.165, 1.54) is 13.8 Å². The van der Waals surface area contributed by atoms with Crippen LogP contribution in [0.3, 0.4) is 0 Å². The molecule has 0 aromatic heterocycles. The predicted octanol–water partition coefficient (Wildman–Crippen LogP) is 2.35. The van der Waals surface area contributed by atoms with Gasteiger partial charge in [-0.05, 0) is 0 Å². The van der Waals surface area contributed by atoms with Crippen LogP contribution >= 0.6 is 16.5 Å². The van der Waals surface area contributed by atoms with Crippen molar-refractivity contribution >= 4 is 16.5 Å². The molecule has 0 spiro atoms. The Morgan fingerprint density at radius 2 is 1.88 bits per heavy atom. The zero-order valence-corrected chi connectivity index (χ0v) is 7.53. The van der Waals surface area contributed by atoms with Crippen LogP contribution in [0.4, 0.5) is 8.78 Å². The van der Waals surface area contributed by atoms with Gasteiger partial charge in [0.25, 0.3) is 0 Å². The zero-order chi connectivity index (χ0) is 6.57. The molecule has 0 amide bonds. The van der Waals surface area contributed by atoms with E-state index >= 15 is 0 Å². The number of hydrogen-bond acceptors (Lipinski definition) is 0. The van der Waals surface area contributed by atoms with Gasteiger partial charge in [0.2, 0.25) is 0 Å². The third-order valence-electron chi connectivity index (χ3n) is 0.680. The van der Waals surface area contributed by atoms with Gasteiger partial charge in [-0.25, -0.2) is 0 Å². The van der Waals surface area contributed by atoms with Gasteiger partial charge in [0.05, 0.1) is 0 Å². The minimum absolute atomic E-state index is 0.266. The van der Waals surface area contributed by atoms with Crippen LogP contribution in [0, 0.1) is 0 Å². The molecule has 52 valence electrons. The van der Waals surface area contributed by atoms with Gasteiger partial charge in [0, 0.05) is 0 Å². The zero-order valence-electron chi connectivity index (χ0n) is 5.12. The van der Waals surface area contributed by atoms with Crippen LogP contribution in [0.1, 0.15) is 13.8 Å². The van der Waals surface area contributed by atoms with E-state index in [0.717, 1.165) is 0 Å². The van der Waals surface area contributed by atoms with E-state index in [0.29, 0.717) is 0 Å². The summed E-state index contributed by atoms with van der Waals surface area (Å²) in [6.45, 7) is 3.01. The van der Waals surface area contributed by atoms with Crippen molar-refractivity contribution in [1.82, 2.24) is 0 Å². The number of hydrogen-bond donors (Lipinski definition) is 0. The van der Waals surface area contributed by atoms with Crippen molar-refractivity contribution in [3.8, 4) is 0 Å². The summed E-state index contributed by atoms with van der Waals surface area (Å²) < 4.78 is 23.9. The first-order valence-corrected chi connectivity index (χ1v) is 6.86. The molecule has 0 N–H and O–H groups in total. The summed E-state index contributed by atoms with van der Waals surface area (Å²) in [5.41, 5.74) is 0. The third kappa shape index (κ3) is 6.72. The summed E-state index contributed by atoms with van der Waals surface area (Å²) in [5, 5.41) is 0. The Kier molecular flexibility index (Phi) is 5.00. The molecular weight excluding hydrogens is 148 g/mol. The first kappa shape index (κ1) is 8.72. The number of halogens is 2. The predicted molar refractivity (Wildman–Crippen MR) is 40.6 cm³/mol. The second-order valence-corrected chi connectivity index (χ2v) is 6.99. The molecule has 0 saturated heterocycles. The molecule has 0 bridgehead atoms. The van der Waals surface area contributed by atoms with Gasteiger partial charge in [-0.2, -0.15) is 0 Å². The van der Waals surface area contributed by atoms with E-state index in [1.54, 1.807) is 0 Å². The van der Waals surface area contributed by atoms with Crippen LogP contribution in [-0.2, 0) is 0 Å². The van der Waals surface area contributed by atoms with E-state index < -0.39 is 20.1 Å². The number of alkyl halides is 2. The van der Waals surface area contributed by atoms with E-state index in [1.807, 2.05) is 0 Å². The number of rotatable bonds is 3. The fourth-order valence-corrected chi connectivity index (χ4v) is 2.92. The van der Waals surface area contributed by atoms with E-state index in [9.17, 15) is 8.78 Å². The van der Waals surface area contributed by atoms with Crippen molar-refractivity contribution < 1.29 is 8.78 Å². The van der Waals surface area contributed by atoms with Crippen LogP contribution in [0.15, 0.2) is 0 Å². The fraction of sp³-hybridized carbons (Fsp3) is 1.00. The van der Waals surface area contributed by atoms with E-state index in [4.69, 9.17) is 0 Å². The van der Waals surface area contributed by atoms with Gasteiger partial charge in [0.1, 0.15) is 0 Å². The Labute approximate surface area is 51.9 Å². The minimum atomic E-state index is -0.764. The van der Waals surface area contributed by atoms with Crippen molar-refractivity contribution in [2.24, 2.45) is 0 Å². The molecule has 0 rings (SSSR count). The van der Waals surface area contributed by atoms with Gasteiger partial charge < -0.3 is 0 Å². The molecule has 0 aliphatic rings. The van der Waals surface area contributed by atoms with Crippen molar-refractivity contribution in [2.45, 2.75) is 25.7 Å². The molecule has 0 aliphatic heterocycles. The average Bonchev–Trinajstić information content (AvgIpc) is 1.61. The summed E-state index contributed by atoms with van der Waals surface area (Å²) >= 11 is 0. The molecular formula is C4H12F2P2. The van der Waals surface area contributed by atoms with E-state index in [2.05, 4.69) is 0 Å². The van der Waals surface area contributed by atoms with Crippen LogP contribution in [0.25, 0.3) is 0 Å². The second-order valence-electron chi connectivity index (χ2n) is 1.81. The first-order chi connectivity index (χ1) is 3.63. The summed E-state index contributed by atoms with van der Waals surface area (Å²) in [7, 11) is -0.449. The fourth-order valence-electron chi connectivity index (χ4n) is 0.325. The normalized spacial score (nSPS) is 20.0. The summed E-state index contributed by atoms with van der Waals surface area (Å²) in [5.74, 6) is -1.47. The topological polar surface area (TPSA) is 0 Å². The summed E-state index contributed by atoms with van der Waals surface area (Å²) in [6, 6.07) is 0. The molecule has 0 saturated carbocycles. The molecule has 0 nitrogen and oxygen atoms in total. The Balaban J connectivity index is 2.93. The van der Waals surface area contributed by atoms with Crippen LogP contribution < -0.4 is 0 Å². The Bertz CT molecular complexity index is 48.0. The summed E-state index contributed by atoms with van der Waals surface area (Å²) in [4.78, 5) is 0. The molecule has 0 aromatic rings. The van der Waals surface area contributed by atoms with Gasteiger partial charge >= 0.3 is 51.0 Å². The Hall–Kier alpha value is 0.720.